The number of Topliss-reactive ketones (excluding diaryl/α,β-unsaturated/α-hetero) is 1. The fraction of sp³-hybridized carbons (Fsp3) is 0.267. The molecule has 0 radical (unpaired) electrons. The van der Waals surface area contributed by atoms with Crippen LogP contribution in [-0.4, -0.2) is 16.7 Å². The first-order valence-electron chi connectivity index (χ1n) is 6.39. The van der Waals surface area contributed by atoms with Gasteiger partial charge >= 0.3 is 5.97 Å². The molecule has 0 saturated carbocycles. The van der Waals surface area contributed by atoms with Crippen LogP contribution in [0.2, 0.25) is 5.02 Å². The van der Waals surface area contributed by atoms with E-state index in [9.17, 15) is 9.59 Å². The van der Waals surface area contributed by atoms with E-state index in [0.29, 0.717) is 10.6 Å². The maximum absolute atomic E-state index is 12.0. The Bertz CT molecular complexity index is 610. The topological polar surface area (TPSA) is 56.3 Å². The molecule has 0 fully saturated rings. The SMILES string of the molecule is CC(CC(=O)c1ccc(Cl)cc1)C(=O)OCc1cncs1. The van der Waals surface area contributed by atoms with Crippen molar-refractivity contribution in [2.75, 3.05) is 0 Å². The van der Waals surface area contributed by atoms with Crippen molar-refractivity contribution in [3.8, 4) is 0 Å². The average molecular weight is 324 g/mol. The second kappa shape index (κ2) is 7.33. The van der Waals surface area contributed by atoms with Gasteiger partial charge in [-0.25, -0.2) is 0 Å². The fourth-order valence-corrected chi connectivity index (χ4v) is 2.34. The highest BCUT2D eigenvalue weighted by molar-refractivity contribution is 7.09. The van der Waals surface area contributed by atoms with Crippen molar-refractivity contribution < 1.29 is 14.3 Å². The van der Waals surface area contributed by atoms with Gasteiger partial charge in [-0.3, -0.25) is 14.6 Å². The molecule has 1 unspecified atom stereocenters. The maximum atomic E-state index is 12.0. The molecule has 1 heterocycles. The van der Waals surface area contributed by atoms with E-state index in [1.807, 2.05) is 0 Å². The summed E-state index contributed by atoms with van der Waals surface area (Å²) in [4.78, 5) is 28.7. The van der Waals surface area contributed by atoms with Gasteiger partial charge in [0, 0.05) is 23.2 Å². The average Bonchev–Trinajstić information content (AvgIpc) is 2.98. The van der Waals surface area contributed by atoms with Crippen molar-refractivity contribution in [2.24, 2.45) is 5.92 Å². The zero-order valence-electron chi connectivity index (χ0n) is 11.4. The Morgan fingerprint density at radius 1 is 1.33 bits per heavy atom. The lowest BCUT2D eigenvalue weighted by molar-refractivity contribution is -0.149. The van der Waals surface area contributed by atoms with E-state index in [0.717, 1.165) is 4.88 Å². The molecule has 4 nitrogen and oxygen atoms in total. The smallest absolute Gasteiger partial charge is 0.309 e. The molecule has 1 aromatic heterocycles. The summed E-state index contributed by atoms with van der Waals surface area (Å²) < 4.78 is 5.16. The van der Waals surface area contributed by atoms with Gasteiger partial charge in [0.15, 0.2) is 5.78 Å². The van der Waals surface area contributed by atoms with Crippen LogP contribution in [-0.2, 0) is 16.1 Å². The van der Waals surface area contributed by atoms with E-state index in [4.69, 9.17) is 16.3 Å². The highest BCUT2D eigenvalue weighted by Crippen LogP contribution is 2.15. The zero-order chi connectivity index (χ0) is 15.2. The van der Waals surface area contributed by atoms with Crippen LogP contribution in [0.15, 0.2) is 36.0 Å². The van der Waals surface area contributed by atoms with Crippen LogP contribution >= 0.6 is 22.9 Å². The van der Waals surface area contributed by atoms with Crippen LogP contribution in [0.5, 0.6) is 0 Å². The number of esters is 1. The molecule has 0 aliphatic carbocycles. The number of carbonyl (C=O) groups excluding carboxylic acids is 2. The lowest BCUT2D eigenvalue weighted by atomic mass is 10.00. The number of aromatic nitrogens is 1. The third-order valence-corrected chi connectivity index (χ3v) is 3.91. The van der Waals surface area contributed by atoms with Crippen LogP contribution in [0.4, 0.5) is 0 Å². The summed E-state index contributed by atoms with van der Waals surface area (Å²) >= 11 is 7.19. The van der Waals surface area contributed by atoms with Crippen molar-refractivity contribution in [1.29, 1.82) is 0 Å². The largest absolute Gasteiger partial charge is 0.460 e. The molecule has 2 rings (SSSR count). The number of halogens is 1. The summed E-state index contributed by atoms with van der Waals surface area (Å²) in [6, 6.07) is 6.61. The molecule has 0 aliphatic heterocycles. The van der Waals surface area contributed by atoms with Crippen molar-refractivity contribution in [2.45, 2.75) is 20.0 Å². The summed E-state index contributed by atoms with van der Waals surface area (Å²) in [5.74, 6) is -0.972. The first-order valence-corrected chi connectivity index (χ1v) is 7.65. The minimum Gasteiger partial charge on any atom is -0.460 e. The van der Waals surface area contributed by atoms with Crippen LogP contribution in [0.1, 0.15) is 28.6 Å². The summed E-state index contributed by atoms with van der Waals surface area (Å²) in [7, 11) is 0. The number of hydrogen-bond acceptors (Lipinski definition) is 5. The van der Waals surface area contributed by atoms with E-state index in [1.54, 1.807) is 42.9 Å². The number of hydrogen-bond donors (Lipinski definition) is 0. The lowest BCUT2D eigenvalue weighted by Crippen LogP contribution is -2.18. The van der Waals surface area contributed by atoms with Gasteiger partial charge < -0.3 is 4.74 Å². The van der Waals surface area contributed by atoms with E-state index >= 15 is 0 Å². The van der Waals surface area contributed by atoms with Crippen molar-refractivity contribution >= 4 is 34.7 Å². The van der Waals surface area contributed by atoms with Crippen molar-refractivity contribution in [3.05, 3.63) is 51.4 Å². The predicted octanol–water partition coefficient (Wildman–Crippen LogP) is 3.75. The van der Waals surface area contributed by atoms with Gasteiger partial charge in [0.2, 0.25) is 0 Å². The highest BCUT2D eigenvalue weighted by atomic mass is 35.5. The molecule has 0 amide bonds. The Kier molecular flexibility index (Phi) is 5.47. The second-order valence-electron chi connectivity index (χ2n) is 4.61. The molecule has 21 heavy (non-hydrogen) atoms. The minimum atomic E-state index is -0.485. The first kappa shape index (κ1) is 15.7. The Balaban J connectivity index is 1.85. The zero-order valence-corrected chi connectivity index (χ0v) is 13.0. The first-order chi connectivity index (χ1) is 10.1. The minimum absolute atomic E-state index is 0.103. The summed E-state index contributed by atoms with van der Waals surface area (Å²) in [5, 5.41) is 0.573. The number of carbonyl (C=O) groups is 2. The molecule has 1 atom stereocenters. The molecule has 0 saturated heterocycles. The lowest BCUT2D eigenvalue weighted by Gasteiger charge is -2.10. The van der Waals surface area contributed by atoms with E-state index in [-0.39, 0.29) is 24.8 Å². The standard InChI is InChI=1S/C15H14ClNO3S/c1-10(15(19)20-8-13-7-17-9-21-13)6-14(18)11-2-4-12(16)5-3-11/h2-5,7,9-10H,6,8H2,1H3. The van der Waals surface area contributed by atoms with Crippen LogP contribution in [0.3, 0.4) is 0 Å². The van der Waals surface area contributed by atoms with Gasteiger partial charge in [-0.15, -0.1) is 11.3 Å². The number of benzene rings is 1. The van der Waals surface area contributed by atoms with Crippen LogP contribution < -0.4 is 0 Å². The molecule has 0 bridgehead atoms. The number of ketones is 1. The molecule has 110 valence electrons. The van der Waals surface area contributed by atoms with Gasteiger partial charge in [0.1, 0.15) is 6.61 Å². The van der Waals surface area contributed by atoms with Gasteiger partial charge in [-0.05, 0) is 24.3 Å². The van der Waals surface area contributed by atoms with Gasteiger partial charge in [-0.2, -0.15) is 0 Å². The van der Waals surface area contributed by atoms with E-state index in [1.165, 1.54) is 11.3 Å². The number of thiazole rings is 1. The van der Waals surface area contributed by atoms with E-state index < -0.39 is 5.92 Å². The Labute approximate surface area is 131 Å². The number of rotatable bonds is 6. The predicted molar refractivity (Wildman–Crippen MR) is 81.5 cm³/mol. The maximum Gasteiger partial charge on any atom is 0.309 e. The summed E-state index contributed by atoms with van der Waals surface area (Å²) in [6.45, 7) is 1.88. The summed E-state index contributed by atoms with van der Waals surface area (Å²) in [5.41, 5.74) is 2.22. The molecule has 0 spiro atoms. The monoisotopic (exact) mass is 323 g/mol. The third kappa shape index (κ3) is 4.65. The fourth-order valence-electron chi connectivity index (χ4n) is 1.71. The molecule has 0 aliphatic rings. The second-order valence-corrected chi connectivity index (χ2v) is 6.02. The molecule has 2 aromatic rings. The quantitative estimate of drug-likeness (QED) is 0.600. The highest BCUT2D eigenvalue weighted by Gasteiger charge is 2.19. The van der Waals surface area contributed by atoms with Gasteiger partial charge in [0.05, 0.1) is 16.3 Å². The molecular weight excluding hydrogens is 310 g/mol. The van der Waals surface area contributed by atoms with E-state index in [2.05, 4.69) is 4.98 Å². The number of nitrogens with zero attached hydrogens (tertiary/aromatic N) is 1. The normalized spacial score (nSPS) is 11.9. The Morgan fingerprint density at radius 2 is 2.05 bits per heavy atom. The van der Waals surface area contributed by atoms with Crippen LogP contribution in [0.25, 0.3) is 0 Å². The van der Waals surface area contributed by atoms with Gasteiger partial charge in [0.25, 0.3) is 0 Å². The van der Waals surface area contributed by atoms with Crippen molar-refractivity contribution in [1.82, 2.24) is 4.98 Å². The Morgan fingerprint density at radius 3 is 2.67 bits per heavy atom. The molecule has 6 heteroatoms. The van der Waals surface area contributed by atoms with Crippen LogP contribution in [0, 0.1) is 5.92 Å². The third-order valence-electron chi connectivity index (χ3n) is 2.90. The number of ether oxygens (including phenoxy) is 1. The Hall–Kier alpha value is -1.72. The van der Waals surface area contributed by atoms with Crippen molar-refractivity contribution in [3.63, 3.8) is 0 Å². The molecule has 1 aromatic carbocycles. The van der Waals surface area contributed by atoms with Gasteiger partial charge in [-0.1, -0.05) is 18.5 Å². The molecular formula is C15H14ClNO3S. The molecule has 0 N–H and O–H groups in total. The summed E-state index contributed by atoms with van der Waals surface area (Å²) in [6.07, 6.45) is 1.77.